The molecule has 0 saturated carbocycles. The Hall–Kier alpha value is -0.590. The lowest BCUT2D eigenvalue weighted by Crippen LogP contribution is -2.11. The summed E-state index contributed by atoms with van der Waals surface area (Å²) in [7, 11) is -2.23. The number of aromatic nitrogens is 2. The van der Waals surface area contributed by atoms with E-state index in [1.54, 1.807) is 0 Å². The minimum absolute atomic E-state index is 0.0228. The first-order chi connectivity index (χ1) is 7.01. The molecule has 0 radical (unpaired) electrons. The summed E-state index contributed by atoms with van der Waals surface area (Å²) < 4.78 is 27.9. The summed E-state index contributed by atoms with van der Waals surface area (Å²) in [6.07, 6.45) is 1.18. The first-order valence-corrected chi connectivity index (χ1v) is 6.43. The standard InChI is InChI=1S/C7H8Cl2N2O3S/c1-14-7-10-4-5(9)6(11-7)15(12,13)3-2-8/h4H,2-3H2,1H3. The van der Waals surface area contributed by atoms with E-state index in [0.29, 0.717) is 0 Å². The van der Waals surface area contributed by atoms with Crippen molar-refractivity contribution < 1.29 is 13.2 Å². The summed E-state index contributed by atoms with van der Waals surface area (Å²) in [6, 6.07) is -0.0486. The third kappa shape index (κ3) is 2.93. The summed E-state index contributed by atoms with van der Waals surface area (Å²) >= 11 is 11.0. The van der Waals surface area contributed by atoms with E-state index in [1.165, 1.54) is 13.3 Å². The average molecular weight is 271 g/mol. The molecule has 5 nitrogen and oxygen atoms in total. The molecule has 0 amide bonds. The highest BCUT2D eigenvalue weighted by Crippen LogP contribution is 2.21. The second kappa shape index (κ2) is 4.96. The fraction of sp³-hybridized carbons (Fsp3) is 0.429. The Bertz CT molecular complexity index is 450. The lowest BCUT2D eigenvalue weighted by atomic mass is 10.7. The second-order valence-electron chi connectivity index (χ2n) is 2.52. The van der Waals surface area contributed by atoms with Crippen molar-refractivity contribution in [3.05, 3.63) is 11.2 Å². The Balaban J connectivity index is 3.24. The van der Waals surface area contributed by atoms with E-state index in [4.69, 9.17) is 27.9 Å². The average Bonchev–Trinajstić information content (AvgIpc) is 2.18. The highest BCUT2D eigenvalue weighted by atomic mass is 35.5. The molecule has 15 heavy (non-hydrogen) atoms. The molecule has 0 bridgehead atoms. The molecule has 0 atom stereocenters. The van der Waals surface area contributed by atoms with E-state index < -0.39 is 9.84 Å². The zero-order valence-corrected chi connectivity index (χ0v) is 10.1. The molecule has 1 heterocycles. The van der Waals surface area contributed by atoms with Gasteiger partial charge in [-0.2, -0.15) is 4.98 Å². The number of hydrogen-bond donors (Lipinski definition) is 0. The summed E-state index contributed by atoms with van der Waals surface area (Å²) in [6.45, 7) is 0. The van der Waals surface area contributed by atoms with Crippen molar-refractivity contribution in [1.82, 2.24) is 9.97 Å². The molecule has 0 unspecified atom stereocenters. The Morgan fingerprint density at radius 1 is 1.53 bits per heavy atom. The van der Waals surface area contributed by atoms with Crippen molar-refractivity contribution in [2.24, 2.45) is 0 Å². The van der Waals surface area contributed by atoms with E-state index in [9.17, 15) is 8.42 Å². The molecule has 1 aromatic heterocycles. The number of hydrogen-bond acceptors (Lipinski definition) is 5. The molecule has 0 aromatic carbocycles. The Kier molecular flexibility index (Phi) is 4.12. The van der Waals surface area contributed by atoms with Gasteiger partial charge in [0.2, 0.25) is 0 Å². The van der Waals surface area contributed by atoms with Crippen LogP contribution in [0.1, 0.15) is 0 Å². The smallest absolute Gasteiger partial charge is 0.317 e. The lowest BCUT2D eigenvalue weighted by Gasteiger charge is -2.04. The fourth-order valence-corrected chi connectivity index (χ4v) is 2.87. The van der Waals surface area contributed by atoms with Gasteiger partial charge in [-0.1, -0.05) is 11.6 Å². The molecule has 0 aliphatic heterocycles. The van der Waals surface area contributed by atoms with Gasteiger partial charge >= 0.3 is 6.01 Å². The van der Waals surface area contributed by atoms with Gasteiger partial charge < -0.3 is 4.74 Å². The van der Waals surface area contributed by atoms with Crippen LogP contribution < -0.4 is 4.74 Å². The van der Waals surface area contributed by atoms with Gasteiger partial charge in [0.1, 0.15) is 0 Å². The molecule has 0 saturated heterocycles. The van der Waals surface area contributed by atoms with Crippen molar-refractivity contribution in [3.63, 3.8) is 0 Å². The van der Waals surface area contributed by atoms with Crippen LogP contribution in [0, 0.1) is 0 Å². The van der Waals surface area contributed by atoms with Crippen LogP contribution in [0.25, 0.3) is 0 Å². The molecule has 1 rings (SSSR count). The molecule has 8 heteroatoms. The van der Waals surface area contributed by atoms with E-state index in [2.05, 4.69) is 9.97 Å². The molecule has 84 valence electrons. The van der Waals surface area contributed by atoms with Crippen molar-refractivity contribution >= 4 is 33.0 Å². The maximum absolute atomic E-state index is 11.6. The zero-order chi connectivity index (χ0) is 11.5. The fourth-order valence-electron chi connectivity index (χ4n) is 0.851. The summed E-state index contributed by atoms with van der Waals surface area (Å²) in [5.74, 6) is -0.251. The van der Waals surface area contributed by atoms with Crippen molar-refractivity contribution in [3.8, 4) is 6.01 Å². The lowest BCUT2D eigenvalue weighted by molar-refractivity contribution is 0.375. The van der Waals surface area contributed by atoms with E-state index in [-0.39, 0.29) is 27.7 Å². The minimum atomic E-state index is -3.57. The number of alkyl halides is 1. The topological polar surface area (TPSA) is 69.2 Å². The maximum atomic E-state index is 11.6. The number of rotatable bonds is 4. The maximum Gasteiger partial charge on any atom is 0.317 e. The summed E-state index contributed by atoms with van der Waals surface area (Å²) in [5.41, 5.74) is 0. The molecule has 0 spiro atoms. The van der Waals surface area contributed by atoms with Crippen LogP contribution in [-0.2, 0) is 9.84 Å². The summed E-state index contributed by atoms with van der Waals surface area (Å²) in [4.78, 5) is 7.34. The van der Waals surface area contributed by atoms with Crippen LogP contribution >= 0.6 is 23.2 Å². The quantitative estimate of drug-likeness (QED) is 0.607. The molecule has 0 aliphatic carbocycles. The largest absolute Gasteiger partial charge is 0.467 e. The molecular formula is C7H8Cl2N2O3S. The monoisotopic (exact) mass is 270 g/mol. The third-order valence-electron chi connectivity index (χ3n) is 1.51. The molecule has 0 fully saturated rings. The first kappa shape index (κ1) is 12.5. The number of halogens is 2. The zero-order valence-electron chi connectivity index (χ0n) is 7.77. The van der Waals surface area contributed by atoms with Gasteiger partial charge in [-0.05, 0) is 0 Å². The number of ether oxygens (including phenoxy) is 1. The Morgan fingerprint density at radius 3 is 2.73 bits per heavy atom. The molecule has 0 N–H and O–H groups in total. The minimum Gasteiger partial charge on any atom is -0.467 e. The van der Waals surface area contributed by atoms with Gasteiger partial charge in [0, 0.05) is 5.88 Å². The van der Waals surface area contributed by atoms with E-state index in [0.717, 1.165) is 0 Å². The third-order valence-corrected chi connectivity index (χ3v) is 3.96. The van der Waals surface area contributed by atoms with Crippen LogP contribution in [0.4, 0.5) is 0 Å². The van der Waals surface area contributed by atoms with Crippen molar-refractivity contribution in [2.45, 2.75) is 5.03 Å². The highest BCUT2D eigenvalue weighted by molar-refractivity contribution is 7.91. The van der Waals surface area contributed by atoms with Crippen LogP contribution in [0.3, 0.4) is 0 Å². The van der Waals surface area contributed by atoms with Gasteiger partial charge in [-0.3, -0.25) is 0 Å². The Labute approximate surface area is 97.3 Å². The highest BCUT2D eigenvalue weighted by Gasteiger charge is 2.20. The first-order valence-electron chi connectivity index (χ1n) is 3.86. The van der Waals surface area contributed by atoms with Crippen LogP contribution in [0.2, 0.25) is 5.02 Å². The molecular weight excluding hydrogens is 263 g/mol. The van der Waals surface area contributed by atoms with Crippen LogP contribution in [0.15, 0.2) is 11.2 Å². The van der Waals surface area contributed by atoms with Gasteiger partial charge in [0.25, 0.3) is 0 Å². The Morgan fingerprint density at radius 2 is 2.20 bits per heavy atom. The number of sulfone groups is 1. The molecule has 1 aromatic rings. The van der Waals surface area contributed by atoms with Gasteiger partial charge in [-0.15, -0.1) is 11.6 Å². The predicted molar refractivity (Wildman–Crippen MR) is 56.4 cm³/mol. The van der Waals surface area contributed by atoms with E-state index in [1.807, 2.05) is 0 Å². The number of methoxy groups -OCH3 is 1. The number of nitrogens with zero attached hydrogens (tertiary/aromatic N) is 2. The van der Waals surface area contributed by atoms with Gasteiger partial charge in [0.05, 0.1) is 24.1 Å². The SMILES string of the molecule is COc1ncc(Cl)c(S(=O)(=O)CCCl)n1. The van der Waals surface area contributed by atoms with Crippen molar-refractivity contribution in [1.29, 1.82) is 0 Å². The predicted octanol–water partition coefficient (Wildman–Crippen LogP) is 1.15. The summed E-state index contributed by atoms with van der Waals surface area (Å²) in [5, 5.41) is -0.294. The van der Waals surface area contributed by atoms with E-state index >= 15 is 0 Å². The second-order valence-corrected chi connectivity index (χ2v) is 5.33. The molecule has 0 aliphatic rings. The van der Waals surface area contributed by atoms with Crippen molar-refractivity contribution in [2.75, 3.05) is 18.7 Å². The van der Waals surface area contributed by atoms with Gasteiger partial charge in [-0.25, -0.2) is 13.4 Å². The van der Waals surface area contributed by atoms with Crippen LogP contribution in [0.5, 0.6) is 6.01 Å². The normalized spacial score (nSPS) is 11.4. The van der Waals surface area contributed by atoms with Gasteiger partial charge in [0.15, 0.2) is 14.9 Å². The van der Waals surface area contributed by atoms with Crippen LogP contribution in [-0.4, -0.2) is 37.1 Å².